The van der Waals surface area contributed by atoms with Crippen LogP contribution in [0.3, 0.4) is 0 Å². The maximum atomic E-state index is 12.3. The fourth-order valence-electron chi connectivity index (χ4n) is 3.03. The van der Waals surface area contributed by atoms with Crippen LogP contribution in [0.2, 0.25) is 0 Å². The van der Waals surface area contributed by atoms with Crippen molar-refractivity contribution in [3.05, 3.63) is 66.0 Å². The Labute approximate surface area is 153 Å². The zero-order chi connectivity index (χ0) is 18.2. The van der Waals surface area contributed by atoms with Gasteiger partial charge in [0.2, 0.25) is 11.8 Å². The van der Waals surface area contributed by atoms with Crippen LogP contribution in [0, 0.1) is 0 Å². The molecule has 1 saturated heterocycles. The van der Waals surface area contributed by atoms with E-state index in [9.17, 15) is 9.59 Å². The number of benzene rings is 1. The van der Waals surface area contributed by atoms with Crippen molar-refractivity contribution in [3.63, 3.8) is 0 Å². The SMILES string of the molecule is O=C(Cc1ccccc1)NCC(=O)N1CCN(Cc2cccnc2)CC1. The molecule has 2 heterocycles. The van der Waals surface area contributed by atoms with Crippen molar-refractivity contribution in [2.45, 2.75) is 13.0 Å². The molecule has 0 aliphatic carbocycles. The second-order valence-corrected chi connectivity index (χ2v) is 6.46. The number of piperazine rings is 1. The smallest absolute Gasteiger partial charge is 0.242 e. The van der Waals surface area contributed by atoms with Crippen LogP contribution in [0.15, 0.2) is 54.9 Å². The summed E-state index contributed by atoms with van der Waals surface area (Å²) in [5.74, 6) is -0.146. The highest BCUT2D eigenvalue weighted by Crippen LogP contribution is 2.07. The molecule has 3 rings (SSSR count). The zero-order valence-electron chi connectivity index (χ0n) is 14.8. The standard InChI is InChI=1S/C20H24N4O2/c25-19(13-17-5-2-1-3-6-17)22-15-20(26)24-11-9-23(10-12-24)16-18-7-4-8-21-14-18/h1-8,14H,9-13,15-16H2,(H,22,25). The number of hydrogen-bond acceptors (Lipinski definition) is 4. The lowest BCUT2D eigenvalue weighted by Gasteiger charge is -2.34. The molecule has 0 bridgehead atoms. The Morgan fingerprint density at radius 3 is 2.38 bits per heavy atom. The molecule has 1 fully saturated rings. The van der Waals surface area contributed by atoms with Crippen LogP contribution in [-0.4, -0.2) is 59.3 Å². The van der Waals surface area contributed by atoms with E-state index in [4.69, 9.17) is 0 Å². The lowest BCUT2D eigenvalue weighted by molar-refractivity contribution is -0.134. The summed E-state index contributed by atoms with van der Waals surface area (Å²) >= 11 is 0. The highest BCUT2D eigenvalue weighted by atomic mass is 16.2. The van der Waals surface area contributed by atoms with Crippen LogP contribution in [-0.2, 0) is 22.6 Å². The lowest BCUT2D eigenvalue weighted by atomic mass is 10.1. The minimum absolute atomic E-state index is 0.0209. The molecule has 136 valence electrons. The highest BCUT2D eigenvalue weighted by Gasteiger charge is 2.21. The maximum Gasteiger partial charge on any atom is 0.242 e. The number of aromatic nitrogens is 1. The summed E-state index contributed by atoms with van der Waals surface area (Å²) in [7, 11) is 0. The van der Waals surface area contributed by atoms with Gasteiger partial charge in [-0.25, -0.2) is 0 Å². The number of carbonyl (C=O) groups is 2. The fourth-order valence-corrected chi connectivity index (χ4v) is 3.03. The van der Waals surface area contributed by atoms with E-state index in [1.54, 1.807) is 6.20 Å². The van der Waals surface area contributed by atoms with Crippen molar-refractivity contribution in [1.29, 1.82) is 0 Å². The van der Waals surface area contributed by atoms with E-state index in [1.165, 1.54) is 5.56 Å². The van der Waals surface area contributed by atoms with Gasteiger partial charge in [-0.05, 0) is 17.2 Å². The van der Waals surface area contributed by atoms with E-state index in [-0.39, 0.29) is 18.4 Å². The van der Waals surface area contributed by atoms with Crippen molar-refractivity contribution in [2.75, 3.05) is 32.7 Å². The summed E-state index contributed by atoms with van der Waals surface area (Å²) < 4.78 is 0. The summed E-state index contributed by atoms with van der Waals surface area (Å²) in [6.45, 7) is 3.95. The number of amides is 2. The fraction of sp³-hybridized carbons (Fsp3) is 0.350. The molecule has 0 saturated carbocycles. The number of nitrogens with zero attached hydrogens (tertiary/aromatic N) is 3. The van der Waals surface area contributed by atoms with Crippen molar-refractivity contribution in [2.24, 2.45) is 0 Å². The molecule has 2 amide bonds. The third-order valence-electron chi connectivity index (χ3n) is 4.50. The Bertz CT molecular complexity index is 713. The van der Waals surface area contributed by atoms with Gasteiger partial charge in [0.25, 0.3) is 0 Å². The number of nitrogens with one attached hydrogen (secondary N) is 1. The van der Waals surface area contributed by atoms with E-state index >= 15 is 0 Å². The van der Waals surface area contributed by atoms with E-state index in [2.05, 4.69) is 21.3 Å². The number of pyridine rings is 1. The van der Waals surface area contributed by atoms with Crippen LogP contribution in [0.5, 0.6) is 0 Å². The third kappa shape index (κ3) is 5.39. The third-order valence-corrected chi connectivity index (χ3v) is 4.50. The number of rotatable bonds is 6. The van der Waals surface area contributed by atoms with Crippen LogP contribution in [0.4, 0.5) is 0 Å². The van der Waals surface area contributed by atoms with Gasteiger partial charge >= 0.3 is 0 Å². The molecule has 1 aromatic carbocycles. The van der Waals surface area contributed by atoms with Crippen molar-refractivity contribution in [1.82, 2.24) is 20.1 Å². The zero-order valence-corrected chi connectivity index (χ0v) is 14.8. The molecule has 2 aromatic rings. The van der Waals surface area contributed by atoms with Gasteiger partial charge in [-0.2, -0.15) is 0 Å². The highest BCUT2D eigenvalue weighted by molar-refractivity contribution is 5.85. The first-order valence-corrected chi connectivity index (χ1v) is 8.90. The van der Waals surface area contributed by atoms with Crippen molar-refractivity contribution >= 4 is 11.8 Å². The van der Waals surface area contributed by atoms with Crippen molar-refractivity contribution in [3.8, 4) is 0 Å². The molecule has 0 atom stereocenters. The van der Waals surface area contributed by atoms with E-state index in [1.807, 2.05) is 47.5 Å². The van der Waals surface area contributed by atoms with Gasteiger partial charge in [0.1, 0.15) is 0 Å². The summed E-state index contributed by atoms with van der Waals surface area (Å²) in [5, 5.41) is 2.73. The second kappa shape index (κ2) is 9.10. The van der Waals surface area contributed by atoms with Crippen molar-refractivity contribution < 1.29 is 9.59 Å². The Hall–Kier alpha value is -2.73. The molecule has 6 heteroatoms. The van der Waals surface area contributed by atoms with Crippen LogP contribution >= 0.6 is 0 Å². The van der Waals surface area contributed by atoms with Crippen LogP contribution in [0.25, 0.3) is 0 Å². The van der Waals surface area contributed by atoms with Gasteiger partial charge in [0.15, 0.2) is 0 Å². The topological polar surface area (TPSA) is 65.5 Å². The van der Waals surface area contributed by atoms with Crippen LogP contribution < -0.4 is 5.32 Å². The molecule has 0 spiro atoms. The molecule has 0 radical (unpaired) electrons. The monoisotopic (exact) mass is 352 g/mol. The molecule has 1 aromatic heterocycles. The molecule has 0 unspecified atom stereocenters. The lowest BCUT2D eigenvalue weighted by Crippen LogP contribution is -2.50. The maximum absolute atomic E-state index is 12.3. The Kier molecular flexibility index (Phi) is 6.33. The van der Waals surface area contributed by atoms with Gasteiger partial charge in [-0.1, -0.05) is 36.4 Å². The van der Waals surface area contributed by atoms with Crippen LogP contribution in [0.1, 0.15) is 11.1 Å². The Balaban J connectivity index is 1.37. The Morgan fingerprint density at radius 1 is 0.962 bits per heavy atom. The predicted molar refractivity (Wildman–Crippen MR) is 99.2 cm³/mol. The molecule has 6 nitrogen and oxygen atoms in total. The first kappa shape index (κ1) is 18.1. The molecule has 26 heavy (non-hydrogen) atoms. The predicted octanol–water partition coefficient (Wildman–Crippen LogP) is 1.08. The van der Waals surface area contributed by atoms with Gasteiger partial charge in [0.05, 0.1) is 13.0 Å². The minimum atomic E-state index is -0.125. The largest absolute Gasteiger partial charge is 0.347 e. The first-order valence-electron chi connectivity index (χ1n) is 8.90. The van der Waals surface area contributed by atoms with Gasteiger partial charge in [-0.15, -0.1) is 0 Å². The van der Waals surface area contributed by atoms with E-state index in [0.717, 1.165) is 25.2 Å². The Morgan fingerprint density at radius 2 is 1.69 bits per heavy atom. The van der Waals surface area contributed by atoms with Gasteiger partial charge in [0, 0.05) is 45.1 Å². The summed E-state index contributed by atoms with van der Waals surface area (Å²) in [5.41, 5.74) is 2.13. The summed E-state index contributed by atoms with van der Waals surface area (Å²) in [6, 6.07) is 13.5. The molecule has 1 aliphatic rings. The van der Waals surface area contributed by atoms with Gasteiger partial charge < -0.3 is 10.2 Å². The molecular weight excluding hydrogens is 328 g/mol. The average molecular weight is 352 g/mol. The first-order chi connectivity index (χ1) is 12.7. The second-order valence-electron chi connectivity index (χ2n) is 6.46. The van der Waals surface area contributed by atoms with E-state index in [0.29, 0.717) is 19.5 Å². The normalized spacial score (nSPS) is 14.8. The number of hydrogen-bond donors (Lipinski definition) is 1. The molecule has 1 N–H and O–H groups in total. The molecular formula is C20H24N4O2. The molecule has 1 aliphatic heterocycles. The van der Waals surface area contributed by atoms with E-state index < -0.39 is 0 Å². The summed E-state index contributed by atoms with van der Waals surface area (Å²) in [6.07, 6.45) is 3.94. The minimum Gasteiger partial charge on any atom is -0.347 e. The quantitative estimate of drug-likeness (QED) is 0.845. The number of carbonyl (C=O) groups excluding carboxylic acids is 2. The van der Waals surface area contributed by atoms with Gasteiger partial charge in [-0.3, -0.25) is 19.5 Å². The average Bonchev–Trinajstić information content (AvgIpc) is 2.68. The summed E-state index contributed by atoms with van der Waals surface area (Å²) in [4.78, 5) is 32.5.